The van der Waals surface area contributed by atoms with Crippen LogP contribution in [-0.2, 0) is 0 Å². The summed E-state index contributed by atoms with van der Waals surface area (Å²) in [6.07, 6.45) is -5.48. The standard InChI is InChI=1S/C8H16O5S2/c9-3-4(10)5(11)6(12)7(13)8-14-1-2-15-8/h4-13H,1-3H2/t4-,5-,6+,7-/m1/s1. The number of aliphatic hydroxyl groups excluding tert-OH is 5. The summed E-state index contributed by atoms with van der Waals surface area (Å²) < 4.78 is -0.180. The molecule has 90 valence electrons. The first-order valence-electron chi connectivity index (χ1n) is 4.64. The molecule has 1 saturated heterocycles. The Morgan fingerprint density at radius 1 is 1.00 bits per heavy atom. The SMILES string of the molecule is OC[C@@H](O)[C@@H](O)[C@H](O)[C@@H](O)C1SCCS1. The average molecular weight is 256 g/mol. The number of rotatable bonds is 5. The molecule has 0 aliphatic carbocycles. The van der Waals surface area contributed by atoms with Crippen molar-refractivity contribution in [3.8, 4) is 0 Å². The minimum atomic E-state index is -1.52. The highest BCUT2D eigenvalue weighted by molar-refractivity contribution is 8.20. The Labute approximate surface area is 96.5 Å². The molecular formula is C8H16O5S2. The molecule has 5 N–H and O–H groups in total. The molecule has 0 aromatic heterocycles. The third-order valence-corrected chi connectivity index (χ3v) is 5.38. The summed E-state index contributed by atoms with van der Waals surface area (Å²) >= 11 is 3.03. The number of aliphatic hydroxyl groups is 5. The largest absolute Gasteiger partial charge is 0.394 e. The molecule has 1 aliphatic rings. The molecule has 0 unspecified atom stereocenters. The molecule has 0 spiro atoms. The molecule has 0 bridgehead atoms. The number of thioether (sulfide) groups is 2. The predicted molar refractivity (Wildman–Crippen MR) is 59.8 cm³/mol. The summed E-state index contributed by atoms with van der Waals surface area (Å²) in [7, 11) is 0. The Morgan fingerprint density at radius 2 is 1.53 bits per heavy atom. The highest BCUT2D eigenvalue weighted by Crippen LogP contribution is 2.35. The van der Waals surface area contributed by atoms with Gasteiger partial charge in [-0.05, 0) is 0 Å². The van der Waals surface area contributed by atoms with Gasteiger partial charge in [-0.25, -0.2) is 0 Å². The Kier molecular flexibility index (Phi) is 5.69. The van der Waals surface area contributed by atoms with E-state index in [1.165, 1.54) is 23.5 Å². The van der Waals surface area contributed by atoms with Crippen molar-refractivity contribution in [3.63, 3.8) is 0 Å². The number of hydrogen-bond acceptors (Lipinski definition) is 7. The van der Waals surface area contributed by atoms with Gasteiger partial charge in [0.05, 0.1) is 11.2 Å². The molecule has 0 amide bonds. The smallest absolute Gasteiger partial charge is 0.111 e. The van der Waals surface area contributed by atoms with Crippen LogP contribution in [0.5, 0.6) is 0 Å². The van der Waals surface area contributed by atoms with Gasteiger partial charge in [0.15, 0.2) is 0 Å². The zero-order valence-corrected chi connectivity index (χ0v) is 9.69. The number of hydrogen-bond donors (Lipinski definition) is 5. The molecule has 0 aromatic carbocycles. The summed E-state index contributed by atoms with van der Waals surface area (Å²) in [5.41, 5.74) is 0. The maximum Gasteiger partial charge on any atom is 0.111 e. The van der Waals surface area contributed by atoms with E-state index in [2.05, 4.69) is 0 Å². The summed E-state index contributed by atoms with van der Waals surface area (Å²) in [6.45, 7) is -0.643. The molecule has 7 heteroatoms. The van der Waals surface area contributed by atoms with Gasteiger partial charge in [0.2, 0.25) is 0 Å². The molecule has 0 aromatic rings. The van der Waals surface area contributed by atoms with Gasteiger partial charge in [0.1, 0.15) is 24.4 Å². The van der Waals surface area contributed by atoms with Crippen LogP contribution in [0.1, 0.15) is 0 Å². The van der Waals surface area contributed by atoms with E-state index in [9.17, 15) is 15.3 Å². The van der Waals surface area contributed by atoms with Crippen molar-refractivity contribution in [1.29, 1.82) is 0 Å². The third kappa shape index (κ3) is 3.48. The third-order valence-electron chi connectivity index (χ3n) is 2.21. The van der Waals surface area contributed by atoms with E-state index in [4.69, 9.17) is 10.2 Å². The van der Waals surface area contributed by atoms with E-state index in [0.29, 0.717) is 0 Å². The van der Waals surface area contributed by atoms with E-state index < -0.39 is 31.0 Å². The Bertz CT molecular complexity index is 188. The second-order valence-corrected chi connectivity index (χ2v) is 6.13. The van der Waals surface area contributed by atoms with E-state index >= 15 is 0 Å². The van der Waals surface area contributed by atoms with E-state index in [1.807, 2.05) is 0 Å². The zero-order valence-electron chi connectivity index (χ0n) is 8.06. The van der Waals surface area contributed by atoms with Crippen molar-refractivity contribution in [2.45, 2.75) is 29.0 Å². The summed E-state index contributed by atoms with van der Waals surface area (Å²) in [4.78, 5) is 0. The highest BCUT2D eigenvalue weighted by Gasteiger charge is 2.36. The van der Waals surface area contributed by atoms with Crippen molar-refractivity contribution in [2.24, 2.45) is 0 Å². The minimum Gasteiger partial charge on any atom is -0.394 e. The molecule has 1 rings (SSSR count). The average Bonchev–Trinajstić information content (AvgIpc) is 2.78. The van der Waals surface area contributed by atoms with E-state index in [0.717, 1.165) is 11.5 Å². The van der Waals surface area contributed by atoms with Crippen molar-refractivity contribution >= 4 is 23.5 Å². The second-order valence-electron chi connectivity index (χ2n) is 3.33. The lowest BCUT2D eigenvalue weighted by Crippen LogP contribution is -2.48. The van der Waals surface area contributed by atoms with Crippen LogP contribution in [0.2, 0.25) is 0 Å². The lowest BCUT2D eigenvalue weighted by atomic mass is 10.0. The van der Waals surface area contributed by atoms with Gasteiger partial charge in [-0.2, -0.15) is 0 Å². The zero-order chi connectivity index (χ0) is 11.4. The molecule has 1 fully saturated rings. The first-order chi connectivity index (χ1) is 7.07. The molecular weight excluding hydrogens is 240 g/mol. The molecule has 0 saturated carbocycles. The van der Waals surface area contributed by atoms with Crippen molar-refractivity contribution in [3.05, 3.63) is 0 Å². The lowest BCUT2D eigenvalue weighted by molar-refractivity contribution is -0.111. The van der Waals surface area contributed by atoms with Crippen LogP contribution in [0, 0.1) is 0 Å². The fourth-order valence-corrected chi connectivity index (χ4v) is 4.19. The van der Waals surface area contributed by atoms with Crippen LogP contribution in [0.25, 0.3) is 0 Å². The Morgan fingerprint density at radius 3 is 2.00 bits per heavy atom. The fraction of sp³-hybridized carbons (Fsp3) is 1.00. The maximum absolute atomic E-state index is 9.69. The second kappa shape index (κ2) is 6.29. The van der Waals surface area contributed by atoms with E-state index in [-0.39, 0.29) is 4.58 Å². The van der Waals surface area contributed by atoms with Crippen molar-refractivity contribution in [2.75, 3.05) is 18.1 Å². The van der Waals surface area contributed by atoms with Gasteiger partial charge in [-0.1, -0.05) is 0 Å². The maximum atomic E-state index is 9.69. The normalized spacial score (nSPS) is 26.2. The van der Waals surface area contributed by atoms with Crippen molar-refractivity contribution in [1.82, 2.24) is 0 Å². The molecule has 15 heavy (non-hydrogen) atoms. The van der Waals surface area contributed by atoms with Gasteiger partial charge in [-0.3, -0.25) is 0 Å². The summed E-state index contributed by atoms with van der Waals surface area (Å²) in [5.74, 6) is 1.80. The van der Waals surface area contributed by atoms with Crippen LogP contribution in [0.3, 0.4) is 0 Å². The molecule has 0 radical (unpaired) electrons. The van der Waals surface area contributed by atoms with Gasteiger partial charge in [0.25, 0.3) is 0 Å². The van der Waals surface area contributed by atoms with Crippen molar-refractivity contribution < 1.29 is 25.5 Å². The van der Waals surface area contributed by atoms with E-state index in [1.54, 1.807) is 0 Å². The molecule has 4 atom stereocenters. The monoisotopic (exact) mass is 256 g/mol. The Hall–Kier alpha value is 0.500. The summed E-state index contributed by atoms with van der Waals surface area (Å²) in [5, 5.41) is 46.3. The van der Waals surface area contributed by atoms with Gasteiger partial charge in [-0.15, -0.1) is 23.5 Å². The van der Waals surface area contributed by atoms with Crippen LogP contribution < -0.4 is 0 Å². The molecule has 1 heterocycles. The Balaban J connectivity index is 2.46. The topological polar surface area (TPSA) is 101 Å². The highest BCUT2D eigenvalue weighted by atomic mass is 32.2. The van der Waals surface area contributed by atoms with Gasteiger partial charge < -0.3 is 25.5 Å². The van der Waals surface area contributed by atoms with Gasteiger partial charge >= 0.3 is 0 Å². The predicted octanol–water partition coefficient (Wildman–Crippen LogP) is -1.77. The molecule has 5 nitrogen and oxygen atoms in total. The molecule has 1 aliphatic heterocycles. The lowest BCUT2D eigenvalue weighted by Gasteiger charge is -2.28. The first-order valence-corrected chi connectivity index (χ1v) is 6.74. The van der Waals surface area contributed by atoms with Crippen LogP contribution >= 0.6 is 23.5 Å². The van der Waals surface area contributed by atoms with Crippen LogP contribution in [0.15, 0.2) is 0 Å². The minimum absolute atomic E-state index is 0.180. The summed E-state index contributed by atoms with van der Waals surface area (Å²) in [6, 6.07) is 0. The van der Waals surface area contributed by atoms with Crippen LogP contribution in [-0.4, -0.2) is 72.6 Å². The van der Waals surface area contributed by atoms with Gasteiger partial charge in [0, 0.05) is 11.5 Å². The fourth-order valence-electron chi connectivity index (χ4n) is 1.27. The quantitative estimate of drug-likeness (QED) is 0.397. The first kappa shape index (κ1) is 13.6. The van der Waals surface area contributed by atoms with Crippen LogP contribution in [0.4, 0.5) is 0 Å².